The van der Waals surface area contributed by atoms with Gasteiger partial charge in [0.05, 0.1) is 29.2 Å². The van der Waals surface area contributed by atoms with Crippen LogP contribution in [0.15, 0.2) is 48.5 Å². The summed E-state index contributed by atoms with van der Waals surface area (Å²) in [4.78, 5) is 59.0. The Morgan fingerprint density at radius 1 is 1.09 bits per heavy atom. The van der Waals surface area contributed by atoms with Crippen LogP contribution in [-0.4, -0.2) is 46.4 Å². The summed E-state index contributed by atoms with van der Waals surface area (Å²) < 4.78 is 4.94. The molecule has 0 heterocycles. The van der Waals surface area contributed by atoms with Gasteiger partial charge in [0.1, 0.15) is 6.04 Å². The van der Waals surface area contributed by atoms with E-state index < -0.39 is 47.1 Å². The first-order valence-electron chi connectivity index (χ1n) is 9.94. The normalized spacial score (nSPS) is 12.2. The zero-order chi connectivity index (χ0) is 24.5. The topological polar surface area (TPSA) is 165 Å². The number of benzene rings is 2. The summed E-state index contributed by atoms with van der Waals surface area (Å²) in [7, 11) is 0. The molecule has 2 aromatic carbocycles. The number of non-ortho nitro benzene ring substituents is 1. The number of aliphatic carboxylic acids is 1. The third-order valence-corrected chi connectivity index (χ3v) is 4.66. The summed E-state index contributed by atoms with van der Waals surface area (Å²) in [5, 5.41) is 25.7. The number of nitrogens with one attached hydrogen (secondary N) is 2. The zero-order valence-electron chi connectivity index (χ0n) is 17.9. The summed E-state index contributed by atoms with van der Waals surface area (Å²) in [6.45, 7) is 2.92. The van der Waals surface area contributed by atoms with Crippen molar-refractivity contribution in [1.82, 2.24) is 5.32 Å². The van der Waals surface area contributed by atoms with Crippen molar-refractivity contribution < 1.29 is 33.9 Å². The molecule has 3 N–H and O–H groups in total. The summed E-state index contributed by atoms with van der Waals surface area (Å²) in [5.74, 6) is -4.41. The molecule has 2 amide bonds. The van der Waals surface area contributed by atoms with E-state index in [0.717, 1.165) is 0 Å². The fourth-order valence-electron chi connectivity index (χ4n) is 3.20. The van der Waals surface area contributed by atoms with E-state index >= 15 is 0 Å². The molecule has 0 radical (unpaired) electrons. The number of ether oxygens (including phenoxy) is 1. The molecular weight excluding hydrogens is 434 g/mol. The molecule has 0 bridgehead atoms. The van der Waals surface area contributed by atoms with Gasteiger partial charge in [-0.15, -0.1) is 0 Å². The molecule has 0 aromatic heterocycles. The van der Waals surface area contributed by atoms with Crippen molar-refractivity contribution in [3.8, 4) is 0 Å². The fourth-order valence-corrected chi connectivity index (χ4v) is 3.20. The van der Waals surface area contributed by atoms with E-state index in [9.17, 15) is 34.4 Å². The second kappa shape index (κ2) is 11.4. The molecule has 0 aliphatic heterocycles. The number of hydrogen-bond acceptors (Lipinski definition) is 7. The van der Waals surface area contributed by atoms with Crippen LogP contribution in [0.2, 0.25) is 0 Å². The van der Waals surface area contributed by atoms with Crippen molar-refractivity contribution in [2.24, 2.45) is 0 Å². The van der Waals surface area contributed by atoms with Gasteiger partial charge in [0.25, 0.3) is 11.6 Å². The first-order chi connectivity index (χ1) is 15.6. The maximum absolute atomic E-state index is 12.9. The molecule has 2 aromatic rings. The number of rotatable bonds is 10. The maximum Gasteiger partial charge on any atom is 0.326 e. The molecule has 33 heavy (non-hydrogen) atoms. The van der Waals surface area contributed by atoms with Gasteiger partial charge in [0, 0.05) is 25.0 Å². The van der Waals surface area contributed by atoms with E-state index in [1.54, 1.807) is 19.1 Å². The number of hydrogen-bond donors (Lipinski definition) is 3. The van der Waals surface area contributed by atoms with Gasteiger partial charge in [-0.3, -0.25) is 24.5 Å². The van der Waals surface area contributed by atoms with Crippen LogP contribution < -0.4 is 10.6 Å². The molecule has 174 valence electrons. The van der Waals surface area contributed by atoms with Crippen LogP contribution in [0, 0.1) is 10.1 Å². The minimum Gasteiger partial charge on any atom is -0.480 e. The van der Waals surface area contributed by atoms with Gasteiger partial charge in [-0.2, -0.15) is 0 Å². The molecule has 2 rings (SSSR count). The lowest BCUT2D eigenvalue weighted by Gasteiger charge is -2.25. The predicted molar refractivity (Wildman–Crippen MR) is 117 cm³/mol. The Morgan fingerprint density at radius 2 is 1.73 bits per heavy atom. The molecule has 0 aliphatic rings. The molecule has 0 saturated carbocycles. The lowest BCUT2D eigenvalue weighted by atomic mass is 9.88. The summed E-state index contributed by atoms with van der Waals surface area (Å²) in [6.07, 6.45) is -0.393. The number of nitro groups is 1. The van der Waals surface area contributed by atoms with Crippen LogP contribution in [-0.2, 0) is 19.1 Å². The number of esters is 1. The number of amides is 2. The average Bonchev–Trinajstić information content (AvgIpc) is 2.76. The van der Waals surface area contributed by atoms with E-state index in [1.165, 1.54) is 43.3 Å². The highest BCUT2D eigenvalue weighted by Gasteiger charge is 2.34. The Morgan fingerprint density at radius 3 is 2.27 bits per heavy atom. The van der Waals surface area contributed by atoms with Crippen molar-refractivity contribution >= 4 is 35.1 Å². The SMILES string of the molecule is CCOC(=O)C[C@H](c1ccc([N+](=O)[O-])cc1)[C@H](NC(=O)c1ccccc1NC(C)=O)C(=O)O. The molecule has 0 saturated heterocycles. The number of anilines is 1. The third-order valence-electron chi connectivity index (χ3n) is 4.66. The van der Waals surface area contributed by atoms with Gasteiger partial charge >= 0.3 is 11.9 Å². The number of carboxylic acid groups (broad SMARTS) is 1. The van der Waals surface area contributed by atoms with Crippen LogP contribution in [0.25, 0.3) is 0 Å². The molecule has 11 nitrogen and oxygen atoms in total. The Kier molecular flexibility index (Phi) is 8.61. The molecular formula is C22H23N3O8. The van der Waals surface area contributed by atoms with Gasteiger partial charge in [0.2, 0.25) is 5.91 Å². The number of nitrogens with zero attached hydrogens (tertiary/aromatic N) is 1. The second-order valence-corrected chi connectivity index (χ2v) is 6.98. The van der Waals surface area contributed by atoms with Gasteiger partial charge < -0.3 is 20.5 Å². The smallest absolute Gasteiger partial charge is 0.326 e. The van der Waals surface area contributed by atoms with Gasteiger partial charge in [0.15, 0.2) is 0 Å². The molecule has 2 atom stereocenters. The maximum atomic E-state index is 12.9. The first kappa shape index (κ1) is 25.0. The van der Waals surface area contributed by atoms with E-state index in [-0.39, 0.29) is 29.1 Å². The predicted octanol–water partition coefficient (Wildman–Crippen LogP) is 2.47. The second-order valence-electron chi connectivity index (χ2n) is 6.98. The molecule has 0 spiro atoms. The monoisotopic (exact) mass is 457 g/mol. The van der Waals surface area contributed by atoms with Crippen molar-refractivity contribution in [3.63, 3.8) is 0 Å². The highest BCUT2D eigenvalue weighted by Crippen LogP contribution is 2.27. The molecule has 0 unspecified atom stereocenters. The van der Waals surface area contributed by atoms with Crippen LogP contribution in [0.1, 0.15) is 42.1 Å². The lowest BCUT2D eigenvalue weighted by molar-refractivity contribution is -0.384. The van der Waals surface area contributed by atoms with E-state index in [1.807, 2.05) is 0 Å². The number of carbonyl (C=O) groups is 4. The lowest BCUT2D eigenvalue weighted by Crippen LogP contribution is -2.45. The van der Waals surface area contributed by atoms with Gasteiger partial charge in [-0.1, -0.05) is 24.3 Å². The van der Waals surface area contributed by atoms with E-state index in [0.29, 0.717) is 0 Å². The summed E-state index contributed by atoms with van der Waals surface area (Å²) in [6, 6.07) is 9.48. The van der Waals surface area contributed by atoms with Gasteiger partial charge in [-0.05, 0) is 24.6 Å². The first-order valence-corrected chi connectivity index (χ1v) is 9.94. The number of carbonyl (C=O) groups excluding carboxylic acids is 3. The Balaban J connectivity index is 2.42. The Bertz CT molecular complexity index is 1050. The number of nitro benzene ring substituents is 1. The number of para-hydroxylation sites is 1. The van der Waals surface area contributed by atoms with Crippen LogP contribution in [0.5, 0.6) is 0 Å². The van der Waals surface area contributed by atoms with Crippen molar-refractivity contribution in [2.45, 2.75) is 32.2 Å². The quantitative estimate of drug-likeness (QED) is 0.278. The number of carboxylic acids is 1. The average molecular weight is 457 g/mol. The van der Waals surface area contributed by atoms with Crippen molar-refractivity contribution in [3.05, 3.63) is 69.8 Å². The summed E-state index contributed by atoms with van der Waals surface area (Å²) >= 11 is 0. The fraction of sp³-hybridized carbons (Fsp3) is 0.273. The van der Waals surface area contributed by atoms with Crippen LogP contribution in [0.4, 0.5) is 11.4 Å². The van der Waals surface area contributed by atoms with Crippen LogP contribution in [0.3, 0.4) is 0 Å². The standard InChI is InChI=1S/C22H23N3O8/c1-3-33-19(27)12-17(14-8-10-15(11-9-14)25(31)32)20(22(29)30)24-21(28)16-6-4-5-7-18(16)23-13(2)26/h4-11,17,20H,3,12H2,1-2H3,(H,23,26)(H,24,28)(H,29,30)/t17-,20+/m1/s1. The van der Waals surface area contributed by atoms with Crippen molar-refractivity contribution in [1.29, 1.82) is 0 Å². The zero-order valence-corrected chi connectivity index (χ0v) is 17.9. The highest BCUT2D eigenvalue weighted by atomic mass is 16.6. The van der Waals surface area contributed by atoms with E-state index in [2.05, 4.69) is 10.6 Å². The minimum absolute atomic E-state index is 0.0255. The molecule has 0 aliphatic carbocycles. The highest BCUT2D eigenvalue weighted by molar-refractivity contribution is 6.04. The molecule has 11 heteroatoms. The summed E-state index contributed by atoms with van der Waals surface area (Å²) in [5.41, 5.74) is 0.284. The minimum atomic E-state index is -1.58. The van der Waals surface area contributed by atoms with Crippen LogP contribution >= 0.6 is 0 Å². The van der Waals surface area contributed by atoms with Crippen molar-refractivity contribution in [2.75, 3.05) is 11.9 Å². The molecule has 0 fully saturated rings. The van der Waals surface area contributed by atoms with E-state index in [4.69, 9.17) is 4.74 Å². The Labute approximate surface area is 188 Å². The largest absolute Gasteiger partial charge is 0.480 e. The third kappa shape index (κ3) is 6.86. The van der Waals surface area contributed by atoms with Gasteiger partial charge in [-0.25, -0.2) is 4.79 Å². The Hall–Kier alpha value is -4.28.